The Hall–Kier alpha value is -0.620. The topological polar surface area (TPSA) is 72.2 Å². The van der Waals surface area contributed by atoms with Gasteiger partial charge in [0.25, 0.3) is 0 Å². The van der Waals surface area contributed by atoms with Crippen molar-refractivity contribution in [1.82, 2.24) is 4.72 Å². The second-order valence-corrected chi connectivity index (χ2v) is 5.79. The third-order valence-electron chi connectivity index (χ3n) is 2.15. The third kappa shape index (κ3) is 3.18. The Kier molecular flexibility index (Phi) is 4.32. The van der Waals surface area contributed by atoms with Crippen LogP contribution in [0.5, 0.6) is 0 Å². The van der Waals surface area contributed by atoms with Crippen molar-refractivity contribution in [3.05, 3.63) is 28.8 Å². The monoisotopic (exact) mass is 262 g/mol. The molecule has 0 aliphatic carbocycles. The highest BCUT2D eigenvalue weighted by Crippen LogP contribution is 2.20. The summed E-state index contributed by atoms with van der Waals surface area (Å²) >= 11 is 5.78. The molecule has 1 rings (SSSR count). The van der Waals surface area contributed by atoms with Crippen LogP contribution in [0.4, 0.5) is 0 Å². The maximum absolute atomic E-state index is 11.9. The van der Waals surface area contributed by atoms with Crippen molar-refractivity contribution in [2.45, 2.75) is 24.8 Å². The quantitative estimate of drug-likeness (QED) is 0.858. The smallest absolute Gasteiger partial charge is 0.241 e. The summed E-state index contributed by atoms with van der Waals surface area (Å²) in [5.74, 6) is 0. The van der Waals surface area contributed by atoms with Gasteiger partial charge in [-0.25, -0.2) is 13.1 Å². The lowest BCUT2D eigenvalue weighted by molar-refractivity contribution is 0.562. The Morgan fingerprint density at radius 2 is 2.12 bits per heavy atom. The van der Waals surface area contributed by atoms with Crippen molar-refractivity contribution in [3.8, 4) is 0 Å². The molecule has 0 aliphatic heterocycles. The molecular weight excluding hydrogens is 248 g/mol. The van der Waals surface area contributed by atoms with Gasteiger partial charge in [0.2, 0.25) is 10.0 Å². The van der Waals surface area contributed by atoms with Gasteiger partial charge in [0.1, 0.15) is 0 Å². The Labute approximate surface area is 101 Å². The summed E-state index contributed by atoms with van der Waals surface area (Å²) in [6, 6.07) is 4.46. The number of hydrogen-bond acceptors (Lipinski definition) is 3. The van der Waals surface area contributed by atoms with E-state index < -0.39 is 10.0 Å². The van der Waals surface area contributed by atoms with Crippen LogP contribution in [0.3, 0.4) is 0 Å². The highest BCUT2D eigenvalue weighted by Gasteiger charge is 2.19. The molecule has 3 N–H and O–H groups in total. The van der Waals surface area contributed by atoms with Crippen molar-refractivity contribution >= 4 is 21.6 Å². The zero-order chi connectivity index (χ0) is 12.3. The SMILES string of the molecule is Cc1ccc(Cl)cc1S(=O)(=O)N[C@H](C)CN. The zero-order valence-corrected chi connectivity index (χ0v) is 10.8. The van der Waals surface area contributed by atoms with E-state index in [1.807, 2.05) is 0 Å². The number of benzene rings is 1. The minimum atomic E-state index is -3.54. The Bertz CT molecular complexity index is 474. The summed E-state index contributed by atoms with van der Waals surface area (Å²) in [7, 11) is -3.54. The summed E-state index contributed by atoms with van der Waals surface area (Å²) < 4.78 is 26.4. The van der Waals surface area contributed by atoms with Crippen molar-refractivity contribution in [3.63, 3.8) is 0 Å². The summed E-state index contributed by atoms with van der Waals surface area (Å²) in [4.78, 5) is 0.195. The first kappa shape index (κ1) is 13.4. The van der Waals surface area contributed by atoms with E-state index in [9.17, 15) is 8.42 Å². The molecule has 0 unspecified atom stereocenters. The number of sulfonamides is 1. The largest absolute Gasteiger partial charge is 0.329 e. The molecule has 4 nitrogen and oxygen atoms in total. The molecule has 0 radical (unpaired) electrons. The first-order valence-electron chi connectivity index (χ1n) is 4.85. The number of halogens is 1. The number of nitrogens with one attached hydrogen (secondary N) is 1. The minimum Gasteiger partial charge on any atom is -0.329 e. The van der Waals surface area contributed by atoms with E-state index in [1.54, 1.807) is 26.0 Å². The number of hydrogen-bond donors (Lipinski definition) is 2. The molecule has 0 bridgehead atoms. The molecule has 6 heteroatoms. The Morgan fingerprint density at radius 3 is 2.69 bits per heavy atom. The molecule has 16 heavy (non-hydrogen) atoms. The van der Waals surface area contributed by atoms with E-state index in [4.69, 9.17) is 17.3 Å². The molecule has 1 aromatic carbocycles. The van der Waals surface area contributed by atoms with Gasteiger partial charge in [0.05, 0.1) is 4.90 Å². The normalized spacial score (nSPS) is 13.8. The first-order chi connectivity index (χ1) is 7.36. The predicted molar refractivity (Wildman–Crippen MR) is 65.0 cm³/mol. The zero-order valence-electron chi connectivity index (χ0n) is 9.20. The van der Waals surface area contributed by atoms with Gasteiger partial charge in [-0.15, -0.1) is 0 Å². The van der Waals surface area contributed by atoms with Gasteiger partial charge in [-0.1, -0.05) is 17.7 Å². The highest BCUT2D eigenvalue weighted by atomic mass is 35.5. The van der Waals surface area contributed by atoms with Crippen LogP contribution in [0.15, 0.2) is 23.1 Å². The van der Waals surface area contributed by atoms with Gasteiger partial charge in [-0.2, -0.15) is 0 Å². The molecule has 0 aliphatic rings. The molecule has 0 saturated carbocycles. The molecular formula is C10H15ClN2O2S. The van der Waals surface area contributed by atoms with Crippen molar-refractivity contribution in [1.29, 1.82) is 0 Å². The second kappa shape index (κ2) is 5.14. The van der Waals surface area contributed by atoms with E-state index in [0.29, 0.717) is 10.6 Å². The van der Waals surface area contributed by atoms with Crippen LogP contribution in [0.2, 0.25) is 5.02 Å². The average molecular weight is 263 g/mol. The Balaban J connectivity index is 3.12. The molecule has 1 atom stereocenters. The lowest BCUT2D eigenvalue weighted by atomic mass is 10.2. The molecule has 0 fully saturated rings. The number of rotatable bonds is 4. The fourth-order valence-electron chi connectivity index (χ4n) is 1.24. The van der Waals surface area contributed by atoms with E-state index in [-0.39, 0.29) is 17.5 Å². The van der Waals surface area contributed by atoms with Crippen molar-refractivity contribution in [2.24, 2.45) is 5.73 Å². The fourth-order valence-corrected chi connectivity index (χ4v) is 3.00. The second-order valence-electron chi connectivity index (χ2n) is 3.67. The van der Waals surface area contributed by atoms with Gasteiger partial charge in [-0.3, -0.25) is 0 Å². The number of nitrogens with two attached hydrogens (primary N) is 1. The van der Waals surface area contributed by atoms with Crippen LogP contribution in [-0.2, 0) is 10.0 Å². The molecule has 1 aromatic rings. The summed E-state index contributed by atoms with van der Waals surface area (Å²) in [5, 5.41) is 0.395. The van der Waals surface area contributed by atoms with Crippen LogP contribution in [-0.4, -0.2) is 21.0 Å². The molecule has 0 spiro atoms. The third-order valence-corrected chi connectivity index (χ3v) is 4.12. The predicted octanol–water partition coefficient (Wildman–Crippen LogP) is 1.27. The molecule has 0 heterocycles. The summed E-state index contributed by atoms with van der Waals surface area (Å²) in [6.07, 6.45) is 0. The minimum absolute atomic E-state index is 0.195. The van der Waals surface area contributed by atoms with Gasteiger partial charge in [0.15, 0.2) is 0 Å². The van der Waals surface area contributed by atoms with Gasteiger partial charge < -0.3 is 5.73 Å². The summed E-state index contributed by atoms with van der Waals surface area (Å²) in [6.45, 7) is 3.67. The Morgan fingerprint density at radius 1 is 1.50 bits per heavy atom. The fraction of sp³-hybridized carbons (Fsp3) is 0.400. The lowest BCUT2D eigenvalue weighted by Crippen LogP contribution is -2.38. The van der Waals surface area contributed by atoms with E-state index >= 15 is 0 Å². The highest BCUT2D eigenvalue weighted by molar-refractivity contribution is 7.89. The first-order valence-corrected chi connectivity index (χ1v) is 6.71. The van der Waals surface area contributed by atoms with E-state index in [2.05, 4.69) is 4.72 Å². The van der Waals surface area contributed by atoms with Gasteiger partial charge in [-0.05, 0) is 31.5 Å². The van der Waals surface area contributed by atoms with Crippen LogP contribution >= 0.6 is 11.6 Å². The van der Waals surface area contributed by atoms with Crippen LogP contribution in [0.1, 0.15) is 12.5 Å². The maximum atomic E-state index is 11.9. The standard InChI is InChI=1S/C10H15ClN2O2S/c1-7-3-4-9(11)5-10(7)16(14,15)13-8(2)6-12/h3-5,8,13H,6,12H2,1-2H3/t8-/m1/s1. The van der Waals surface area contributed by atoms with Crippen molar-refractivity contribution < 1.29 is 8.42 Å². The van der Waals surface area contributed by atoms with Crippen molar-refractivity contribution in [2.75, 3.05) is 6.54 Å². The van der Waals surface area contributed by atoms with E-state index in [1.165, 1.54) is 6.07 Å². The molecule has 0 saturated heterocycles. The van der Waals surface area contributed by atoms with Crippen LogP contribution in [0.25, 0.3) is 0 Å². The number of aryl methyl sites for hydroxylation is 1. The van der Waals surface area contributed by atoms with Crippen LogP contribution in [0, 0.1) is 6.92 Å². The average Bonchev–Trinajstić information content (AvgIpc) is 2.20. The lowest BCUT2D eigenvalue weighted by Gasteiger charge is -2.13. The maximum Gasteiger partial charge on any atom is 0.241 e. The van der Waals surface area contributed by atoms with Crippen LogP contribution < -0.4 is 10.5 Å². The van der Waals surface area contributed by atoms with Gasteiger partial charge in [0, 0.05) is 17.6 Å². The summed E-state index contributed by atoms with van der Waals surface area (Å²) in [5.41, 5.74) is 6.03. The molecule has 90 valence electrons. The van der Waals surface area contributed by atoms with E-state index in [0.717, 1.165) is 0 Å². The molecule has 0 amide bonds. The van der Waals surface area contributed by atoms with Gasteiger partial charge >= 0.3 is 0 Å². The molecule has 0 aromatic heterocycles.